The maximum atomic E-state index is 12.9. The number of carbonyl (C=O) groups excluding carboxylic acids is 3. The molecule has 0 saturated carbocycles. The highest BCUT2D eigenvalue weighted by Gasteiger charge is 2.24. The van der Waals surface area contributed by atoms with Crippen molar-refractivity contribution in [3.63, 3.8) is 0 Å². The molecule has 0 aliphatic carbocycles. The van der Waals surface area contributed by atoms with Gasteiger partial charge < -0.3 is 10.1 Å². The fraction of sp³-hybridized carbons (Fsp3) is 0.211. The van der Waals surface area contributed by atoms with E-state index in [0.29, 0.717) is 11.4 Å². The molecular weight excluding hydrogens is 385 g/mol. The van der Waals surface area contributed by atoms with Crippen molar-refractivity contribution in [3.8, 4) is 5.75 Å². The summed E-state index contributed by atoms with van der Waals surface area (Å²) in [6.07, 6.45) is -0.911. The normalized spacial score (nSPS) is 16.4. The van der Waals surface area contributed by atoms with E-state index in [-0.39, 0.29) is 16.7 Å². The first-order valence-electron chi connectivity index (χ1n) is 8.47. The lowest BCUT2D eigenvalue weighted by Gasteiger charge is -2.21. The smallest absolute Gasteiger partial charge is 0.279 e. The topological polar surface area (TPSA) is 96.5 Å². The highest BCUT2D eigenvalue weighted by molar-refractivity contribution is 8.00. The third-order valence-corrected chi connectivity index (χ3v) is 5.15. The van der Waals surface area contributed by atoms with Gasteiger partial charge in [0.1, 0.15) is 11.6 Å². The first kappa shape index (κ1) is 19.7. The van der Waals surface area contributed by atoms with Gasteiger partial charge in [0.05, 0.1) is 10.9 Å². The van der Waals surface area contributed by atoms with Crippen LogP contribution in [0.1, 0.15) is 24.2 Å². The average Bonchev–Trinajstić information content (AvgIpc) is 2.68. The van der Waals surface area contributed by atoms with Crippen LogP contribution >= 0.6 is 11.8 Å². The second-order valence-electron chi connectivity index (χ2n) is 6.12. The zero-order chi connectivity index (χ0) is 20.3. The van der Waals surface area contributed by atoms with Crippen LogP contribution in [0.25, 0.3) is 0 Å². The largest absolute Gasteiger partial charge is 0.481 e. The summed E-state index contributed by atoms with van der Waals surface area (Å²) in [6.45, 7) is 3.30. The molecule has 0 saturated heterocycles. The van der Waals surface area contributed by atoms with E-state index in [4.69, 9.17) is 4.74 Å². The first-order chi connectivity index (χ1) is 13.3. The Morgan fingerprint density at radius 1 is 1.18 bits per heavy atom. The van der Waals surface area contributed by atoms with E-state index < -0.39 is 23.7 Å². The molecule has 7 nitrogen and oxygen atoms in total. The lowest BCUT2D eigenvalue weighted by molar-refractivity contribution is -0.128. The van der Waals surface area contributed by atoms with Crippen molar-refractivity contribution in [1.82, 2.24) is 10.9 Å². The molecule has 3 rings (SSSR count). The summed E-state index contributed by atoms with van der Waals surface area (Å²) in [5.41, 5.74) is 5.42. The van der Waals surface area contributed by atoms with Crippen molar-refractivity contribution in [2.45, 2.75) is 30.1 Å². The van der Waals surface area contributed by atoms with E-state index in [0.717, 1.165) is 4.90 Å². The SMILES string of the molecule is CC(Oc1ccc(F)cc1)C(=O)NNC(=O)c1ccc2c(c1)NC(=O)C(C)S2. The van der Waals surface area contributed by atoms with Crippen LogP contribution in [-0.4, -0.2) is 29.1 Å². The Morgan fingerprint density at radius 3 is 2.61 bits per heavy atom. The predicted molar refractivity (Wildman–Crippen MR) is 102 cm³/mol. The van der Waals surface area contributed by atoms with Crippen LogP contribution in [0.4, 0.5) is 10.1 Å². The van der Waals surface area contributed by atoms with Gasteiger partial charge in [0.25, 0.3) is 11.8 Å². The predicted octanol–water partition coefficient (Wildman–Crippen LogP) is 2.49. The molecule has 3 N–H and O–H groups in total. The minimum Gasteiger partial charge on any atom is -0.481 e. The monoisotopic (exact) mass is 403 g/mol. The molecule has 146 valence electrons. The molecule has 2 aromatic rings. The van der Waals surface area contributed by atoms with Crippen LogP contribution in [0.15, 0.2) is 47.4 Å². The second kappa shape index (κ2) is 8.30. The van der Waals surface area contributed by atoms with Crippen molar-refractivity contribution >= 4 is 35.2 Å². The summed E-state index contributed by atoms with van der Waals surface area (Å²) in [6, 6.07) is 10.1. The summed E-state index contributed by atoms with van der Waals surface area (Å²) < 4.78 is 18.3. The molecule has 0 fully saturated rings. The lowest BCUT2D eigenvalue weighted by Crippen LogP contribution is -2.47. The van der Waals surface area contributed by atoms with E-state index in [2.05, 4.69) is 16.2 Å². The molecular formula is C19H18FN3O4S. The highest BCUT2D eigenvalue weighted by atomic mass is 32.2. The molecule has 9 heteroatoms. The molecule has 0 radical (unpaired) electrons. The van der Waals surface area contributed by atoms with E-state index in [1.807, 2.05) is 0 Å². The Morgan fingerprint density at radius 2 is 1.89 bits per heavy atom. The maximum Gasteiger partial charge on any atom is 0.279 e. The number of thioether (sulfide) groups is 1. The van der Waals surface area contributed by atoms with Gasteiger partial charge in [-0.25, -0.2) is 4.39 Å². The minimum atomic E-state index is -0.911. The molecule has 1 aliphatic heterocycles. The molecule has 0 spiro atoms. The molecule has 3 amide bonds. The number of hydrogen-bond donors (Lipinski definition) is 3. The number of amides is 3. The number of fused-ring (bicyclic) bond motifs is 1. The Labute approximate surface area is 165 Å². The minimum absolute atomic E-state index is 0.130. The highest BCUT2D eigenvalue weighted by Crippen LogP contribution is 2.35. The molecule has 28 heavy (non-hydrogen) atoms. The van der Waals surface area contributed by atoms with Gasteiger partial charge in [-0.15, -0.1) is 11.8 Å². The van der Waals surface area contributed by atoms with E-state index in [1.54, 1.807) is 25.1 Å². The van der Waals surface area contributed by atoms with Gasteiger partial charge in [-0.05, 0) is 56.3 Å². The van der Waals surface area contributed by atoms with Gasteiger partial charge in [-0.2, -0.15) is 0 Å². The van der Waals surface area contributed by atoms with E-state index in [1.165, 1.54) is 43.0 Å². The Hall–Kier alpha value is -3.07. The number of halogens is 1. The summed E-state index contributed by atoms with van der Waals surface area (Å²) in [5, 5.41) is 2.55. The van der Waals surface area contributed by atoms with Crippen LogP contribution < -0.4 is 20.9 Å². The van der Waals surface area contributed by atoms with Gasteiger partial charge >= 0.3 is 0 Å². The molecule has 2 aromatic carbocycles. The van der Waals surface area contributed by atoms with Gasteiger partial charge in [0.15, 0.2) is 6.10 Å². The molecule has 0 bridgehead atoms. The maximum absolute atomic E-state index is 12.9. The summed E-state index contributed by atoms with van der Waals surface area (Å²) in [5.74, 6) is -1.33. The fourth-order valence-electron chi connectivity index (χ4n) is 2.41. The zero-order valence-electron chi connectivity index (χ0n) is 15.1. The quantitative estimate of drug-likeness (QED) is 0.682. The van der Waals surface area contributed by atoms with Crippen molar-refractivity contribution < 1.29 is 23.5 Å². The van der Waals surface area contributed by atoms with Crippen LogP contribution in [-0.2, 0) is 9.59 Å². The third-order valence-electron chi connectivity index (χ3n) is 3.97. The number of carbonyl (C=O) groups is 3. The molecule has 1 aliphatic rings. The number of benzene rings is 2. The number of hydrogen-bond acceptors (Lipinski definition) is 5. The Kier molecular flexibility index (Phi) is 5.84. The number of rotatable bonds is 4. The van der Waals surface area contributed by atoms with Crippen molar-refractivity contribution in [2.75, 3.05) is 5.32 Å². The lowest BCUT2D eigenvalue weighted by atomic mass is 10.2. The van der Waals surface area contributed by atoms with Crippen LogP contribution in [0.2, 0.25) is 0 Å². The van der Waals surface area contributed by atoms with Gasteiger partial charge in [0, 0.05) is 10.5 Å². The molecule has 0 aromatic heterocycles. The fourth-order valence-corrected chi connectivity index (χ4v) is 3.34. The van der Waals surface area contributed by atoms with Gasteiger partial charge in [0.2, 0.25) is 5.91 Å². The van der Waals surface area contributed by atoms with E-state index in [9.17, 15) is 18.8 Å². The van der Waals surface area contributed by atoms with Gasteiger partial charge in [-0.3, -0.25) is 25.2 Å². The van der Waals surface area contributed by atoms with Gasteiger partial charge in [-0.1, -0.05) is 0 Å². The van der Waals surface area contributed by atoms with Crippen molar-refractivity contribution in [1.29, 1.82) is 0 Å². The summed E-state index contributed by atoms with van der Waals surface area (Å²) in [4.78, 5) is 37.0. The third kappa shape index (κ3) is 4.61. The molecule has 2 atom stereocenters. The summed E-state index contributed by atoms with van der Waals surface area (Å²) in [7, 11) is 0. The number of hydrazine groups is 1. The molecule has 1 heterocycles. The van der Waals surface area contributed by atoms with E-state index >= 15 is 0 Å². The number of anilines is 1. The average molecular weight is 403 g/mol. The Balaban J connectivity index is 1.56. The van der Waals surface area contributed by atoms with Crippen LogP contribution in [0.5, 0.6) is 5.75 Å². The van der Waals surface area contributed by atoms with Crippen LogP contribution in [0.3, 0.4) is 0 Å². The number of ether oxygens (including phenoxy) is 1. The zero-order valence-corrected chi connectivity index (χ0v) is 15.9. The first-order valence-corrected chi connectivity index (χ1v) is 9.35. The Bertz CT molecular complexity index is 920. The standard InChI is InChI=1S/C19H18FN3O4S/c1-10(27-14-6-4-13(20)5-7-14)17(24)22-23-19(26)12-3-8-16-15(9-12)21-18(25)11(2)28-16/h3-11H,1-2H3,(H,21,25)(H,22,24)(H,23,26). The second-order valence-corrected chi connectivity index (χ2v) is 7.50. The summed E-state index contributed by atoms with van der Waals surface area (Å²) >= 11 is 1.41. The van der Waals surface area contributed by atoms with Crippen molar-refractivity contribution in [3.05, 3.63) is 53.8 Å². The van der Waals surface area contributed by atoms with Crippen LogP contribution in [0, 0.1) is 5.82 Å². The van der Waals surface area contributed by atoms with Crippen molar-refractivity contribution in [2.24, 2.45) is 0 Å². The number of nitrogens with one attached hydrogen (secondary N) is 3. The molecule has 2 unspecified atom stereocenters.